The zero-order valence-electron chi connectivity index (χ0n) is 20.4. The third-order valence-electron chi connectivity index (χ3n) is 6.96. The molecule has 0 aliphatic carbocycles. The van der Waals surface area contributed by atoms with E-state index < -0.39 is 16.9 Å². The van der Waals surface area contributed by atoms with Gasteiger partial charge in [-0.2, -0.15) is 0 Å². The SMILES string of the molecule is COCCN1C(=O)c2ccccc2[C@@H](C(=O)Nc2cccc([N+](=O)[O-])c2C)[C@@H]1c1c[nH]c2ccccc12. The Kier molecular flexibility index (Phi) is 6.45. The van der Waals surface area contributed by atoms with Gasteiger partial charge in [0.25, 0.3) is 11.6 Å². The topological polar surface area (TPSA) is 118 Å². The third-order valence-corrected chi connectivity index (χ3v) is 6.96. The molecular formula is C28H26N4O5. The van der Waals surface area contributed by atoms with E-state index in [4.69, 9.17) is 4.74 Å². The lowest BCUT2D eigenvalue weighted by atomic mass is 9.79. The molecule has 0 radical (unpaired) electrons. The van der Waals surface area contributed by atoms with Crippen LogP contribution in [0.2, 0.25) is 0 Å². The molecule has 1 aliphatic rings. The maximum atomic E-state index is 14.1. The summed E-state index contributed by atoms with van der Waals surface area (Å²) in [5.74, 6) is -1.32. The van der Waals surface area contributed by atoms with Crippen molar-refractivity contribution in [1.29, 1.82) is 0 Å². The number of anilines is 1. The van der Waals surface area contributed by atoms with Gasteiger partial charge in [-0.25, -0.2) is 0 Å². The zero-order chi connectivity index (χ0) is 26.1. The maximum absolute atomic E-state index is 14.1. The predicted octanol–water partition coefficient (Wildman–Crippen LogP) is 4.95. The van der Waals surface area contributed by atoms with Gasteiger partial charge in [0.05, 0.1) is 34.7 Å². The standard InChI is InChI=1S/C28H26N4O5/c1-17-22(12-7-13-24(17)32(35)36)30-27(33)25-19-9-3-4-10-20(19)28(34)31(14-15-37-2)26(25)21-16-29-23-11-6-5-8-18(21)23/h3-13,16,25-26,29H,14-15H2,1-2H3,(H,30,33)/t25-,26+/m1/s1. The number of nitro benzene ring substituents is 1. The number of carbonyl (C=O) groups is 2. The summed E-state index contributed by atoms with van der Waals surface area (Å²) in [7, 11) is 1.57. The van der Waals surface area contributed by atoms with E-state index in [0.29, 0.717) is 29.0 Å². The second-order valence-electron chi connectivity index (χ2n) is 8.99. The van der Waals surface area contributed by atoms with E-state index in [9.17, 15) is 19.7 Å². The summed E-state index contributed by atoms with van der Waals surface area (Å²) in [6, 6.07) is 18.8. The molecule has 2 heterocycles. The second kappa shape index (κ2) is 9.87. The number of carbonyl (C=O) groups excluding carboxylic acids is 2. The quantitative estimate of drug-likeness (QED) is 0.276. The van der Waals surface area contributed by atoms with Crippen molar-refractivity contribution < 1.29 is 19.2 Å². The third kappa shape index (κ3) is 4.23. The van der Waals surface area contributed by atoms with Crippen molar-refractivity contribution in [3.8, 4) is 0 Å². The fraction of sp³-hybridized carbons (Fsp3) is 0.214. The Labute approximate surface area is 213 Å². The highest BCUT2D eigenvalue weighted by Crippen LogP contribution is 2.45. The largest absolute Gasteiger partial charge is 0.383 e. The minimum atomic E-state index is -0.774. The van der Waals surface area contributed by atoms with E-state index in [0.717, 1.165) is 16.5 Å². The van der Waals surface area contributed by atoms with Gasteiger partial charge < -0.3 is 19.9 Å². The van der Waals surface area contributed by atoms with Crippen LogP contribution in [0.3, 0.4) is 0 Å². The molecule has 9 heteroatoms. The molecule has 3 aromatic carbocycles. The van der Waals surface area contributed by atoms with Crippen LogP contribution in [-0.4, -0.2) is 46.9 Å². The number of nitro groups is 1. The van der Waals surface area contributed by atoms with Crippen LogP contribution in [0.4, 0.5) is 11.4 Å². The van der Waals surface area contributed by atoms with Gasteiger partial charge in [-0.1, -0.05) is 42.5 Å². The molecule has 0 unspecified atom stereocenters. The first-order chi connectivity index (χ1) is 17.9. The lowest BCUT2D eigenvalue weighted by molar-refractivity contribution is -0.385. The fourth-order valence-corrected chi connectivity index (χ4v) is 5.16. The molecule has 0 saturated heterocycles. The highest BCUT2D eigenvalue weighted by Gasteiger charge is 2.45. The number of hydrogen-bond acceptors (Lipinski definition) is 5. The van der Waals surface area contributed by atoms with E-state index in [1.807, 2.05) is 36.5 Å². The number of para-hydroxylation sites is 1. The van der Waals surface area contributed by atoms with Crippen molar-refractivity contribution in [3.63, 3.8) is 0 Å². The number of rotatable bonds is 7. The molecule has 1 aromatic heterocycles. The van der Waals surface area contributed by atoms with Crippen molar-refractivity contribution in [1.82, 2.24) is 9.88 Å². The van der Waals surface area contributed by atoms with Gasteiger partial charge in [-0.3, -0.25) is 19.7 Å². The Bertz CT molecular complexity index is 1510. The molecule has 2 amide bonds. The summed E-state index contributed by atoms with van der Waals surface area (Å²) in [4.78, 5) is 43.7. The minimum Gasteiger partial charge on any atom is -0.383 e. The number of nitrogens with one attached hydrogen (secondary N) is 2. The number of fused-ring (bicyclic) bond motifs is 2. The van der Waals surface area contributed by atoms with Crippen molar-refractivity contribution in [2.45, 2.75) is 18.9 Å². The summed E-state index contributed by atoms with van der Waals surface area (Å²) < 4.78 is 5.31. The minimum absolute atomic E-state index is 0.0769. The highest BCUT2D eigenvalue weighted by atomic mass is 16.6. The van der Waals surface area contributed by atoms with Crippen molar-refractivity contribution in [2.75, 3.05) is 25.6 Å². The van der Waals surface area contributed by atoms with Crippen molar-refractivity contribution in [2.24, 2.45) is 0 Å². The highest BCUT2D eigenvalue weighted by molar-refractivity contribution is 6.05. The molecule has 2 N–H and O–H groups in total. The van der Waals surface area contributed by atoms with Gasteiger partial charge in [0, 0.05) is 47.9 Å². The number of benzene rings is 3. The Morgan fingerprint density at radius 3 is 2.62 bits per heavy atom. The first kappa shape index (κ1) is 24.2. The molecule has 37 heavy (non-hydrogen) atoms. The van der Waals surface area contributed by atoms with E-state index in [-0.39, 0.29) is 24.0 Å². The van der Waals surface area contributed by atoms with E-state index in [2.05, 4.69) is 10.3 Å². The fourth-order valence-electron chi connectivity index (χ4n) is 5.16. The summed E-state index contributed by atoms with van der Waals surface area (Å²) in [6.07, 6.45) is 1.84. The number of aromatic amines is 1. The predicted molar refractivity (Wildman–Crippen MR) is 140 cm³/mol. The monoisotopic (exact) mass is 498 g/mol. The molecule has 0 fully saturated rings. The van der Waals surface area contributed by atoms with Crippen LogP contribution in [0.25, 0.3) is 10.9 Å². The molecule has 188 valence electrons. The summed E-state index contributed by atoms with van der Waals surface area (Å²) in [5.41, 5.74) is 3.40. The molecule has 2 atom stereocenters. The van der Waals surface area contributed by atoms with Gasteiger partial charge >= 0.3 is 0 Å². The number of methoxy groups -OCH3 is 1. The molecule has 9 nitrogen and oxygen atoms in total. The number of hydrogen-bond donors (Lipinski definition) is 2. The van der Waals surface area contributed by atoms with Gasteiger partial charge in [-0.05, 0) is 30.7 Å². The van der Waals surface area contributed by atoms with Gasteiger partial charge in [0.15, 0.2) is 0 Å². The van der Waals surface area contributed by atoms with Crippen molar-refractivity contribution in [3.05, 3.63) is 105 Å². The van der Waals surface area contributed by atoms with Crippen LogP contribution >= 0.6 is 0 Å². The Morgan fingerprint density at radius 2 is 1.84 bits per heavy atom. The number of aromatic nitrogens is 1. The second-order valence-corrected chi connectivity index (χ2v) is 8.99. The average Bonchev–Trinajstić information content (AvgIpc) is 3.33. The summed E-state index contributed by atoms with van der Waals surface area (Å²) >= 11 is 0. The molecule has 1 aliphatic heterocycles. The van der Waals surface area contributed by atoms with E-state index >= 15 is 0 Å². The van der Waals surface area contributed by atoms with Crippen LogP contribution in [0.15, 0.2) is 72.9 Å². The van der Waals surface area contributed by atoms with Gasteiger partial charge in [0.1, 0.15) is 0 Å². The normalized spacial score (nSPS) is 17.0. The zero-order valence-corrected chi connectivity index (χ0v) is 20.4. The molecular weight excluding hydrogens is 472 g/mol. The Morgan fingerprint density at radius 1 is 1.08 bits per heavy atom. The van der Waals surface area contributed by atoms with Crippen LogP contribution in [0.5, 0.6) is 0 Å². The lowest BCUT2D eigenvalue weighted by Crippen LogP contribution is -2.47. The summed E-state index contributed by atoms with van der Waals surface area (Å²) in [6.45, 7) is 2.19. The average molecular weight is 499 g/mol. The van der Waals surface area contributed by atoms with Gasteiger partial charge in [0.2, 0.25) is 5.91 Å². The number of nitrogens with zero attached hydrogens (tertiary/aromatic N) is 2. The van der Waals surface area contributed by atoms with Crippen LogP contribution in [0.1, 0.15) is 39.0 Å². The van der Waals surface area contributed by atoms with Crippen molar-refractivity contribution >= 4 is 34.1 Å². The maximum Gasteiger partial charge on any atom is 0.274 e. The van der Waals surface area contributed by atoms with E-state index in [1.54, 1.807) is 49.3 Å². The number of amides is 2. The molecule has 0 bridgehead atoms. The Hall–Kier alpha value is -4.50. The Balaban J connectivity index is 1.67. The molecule has 5 rings (SSSR count). The van der Waals surface area contributed by atoms with Crippen LogP contribution < -0.4 is 5.32 Å². The lowest BCUT2D eigenvalue weighted by Gasteiger charge is -2.41. The molecule has 4 aromatic rings. The van der Waals surface area contributed by atoms with Crippen LogP contribution in [-0.2, 0) is 9.53 Å². The number of H-pyrrole nitrogens is 1. The summed E-state index contributed by atoms with van der Waals surface area (Å²) in [5, 5.41) is 15.3. The number of ether oxygens (including phenoxy) is 1. The first-order valence-electron chi connectivity index (χ1n) is 11.9. The van der Waals surface area contributed by atoms with Crippen LogP contribution in [0, 0.1) is 17.0 Å². The molecule has 0 saturated carbocycles. The van der Waals surface area contributed by atoms with Gasteiger partial charge in [-0.15, -0.1) is 0 Å². The molecule has 0 spiro atoms. The smallest absolute Gasteiger partial charge is 0.274 e. The van der Waals surface area contributed by atoms with E-state index in [1.165, 1.54) is 6.07 Å². The first-order valence-corrected chi connectivity index (χ1v) is 11.9.